The fraction of sp³-hybridized carbons (Fsp3) is 0.857. The summed E-state index contributed by atoms with van der Waals surface area (Å²) in [4.78, 5) is 11.0. The van der Waals surface area contributed by atoms with E-state index in [0.717, 1.165) is 7.11 Å². The third kappa shape index (κ3) is 2.15. The highest BCUT2D eigenvalue weighted by Gasteiger charge is 2.38. The molecule has 1 N–H and O–H groups in total. The molecule has 0 aliphatic heterocycles. The van der Waals surface area contributed by atoms with Gasteiger partial charge in [-0.2, -0.15) is 0 Å². The quantitative estimate of drug-likeness (QED) is 0.600. The number of aliphatic hydroxyl groups is 1. The first kappa shape index (κ1) is 11.3. The minimum absolute atomic E-state index is 0.202. The third-order valence-electron chi connectivity index (χ3n) is 1.70. The summed E-state index contributed by atoms with van der Waals surface area (Å²) in [5.41, 5.74) is -1.54. The number of carbonyl (C=O) groups is 1. The van der Waals surface area contributed by atoms with Crippen LogP contribution in [0, 0.1) is 0 Å². The van der Waals surface area contributed by atoms with E-state index in [1.807, 2.05) is 0 Å². The van der Waals surface area contributed by atoms with Crippen molar-refractivity contribution >= 4 is 5.97 Å². The van der Waals surface area contributed by atoms with E-state index in [1.165, 1.54) is 7.11 Å². The van der Waals surface area contributed by atoms with Crippen molar-refractivity contribution in [2.45, 2.75) is 12.0 Å². The summed E-state index contributed by atoms with van der Waals surface area (Å²) < 4.78 is 21.0. The van der Waals surface area contributed by atoms with Crippen molar-refractivity contribution in [1.29, 1.82) is 0 Å². The van der Waals surface area contributed by atoms with E-state index in [4.69, 9.17) is 9.84 Å². The Morgan fingerprint density at radius 3 is 2.42 bits per heavy atom. The van der Waals surface area contributed by atoms with Gasteiger partial charge < -0.3 is 14.6 Å². The van der Waals surface area contributed by atoms with Gasteiger partial charge in [0.2, 0.25) is 0 Å². The highest BCUT2D eigenvalue weighted by Crippen LogP contribution is 2.16. The van der Waals surface area contributed by atoms with E-state index >= 15 is 0 Å². The molecule has 5 heteroatoms. The summed E-state index contributed by atoms with van der Waals surface area (Å²) in [5, 5.41) is 8.82. The van der Waals surface area contributed by atoms with Crippen molar-refractivity contribution in [3.05, 3.63) is 0 Å². The molecule has 0 saturated carbocycles. The molecule has 12 heavy (non-hydrogen) atoms. The number of hydrogen-bond donors (Lipinski definition) is 1. The fourth-order valence-corrected chi connectivity index (χ4v) is 0.834. The Morgan fingerprint density at radius 1 is 1.58 bits per heavy atom. The zero-order chi connectivity index (χ0) is 9.61. The maximum atomic E-state index is 12.0. The summed E-state index contributed by atoms with van der Waals surface area (Å²) in [6.45, 7) is -1.33. The number of esters is 1. The molecule has 0 aliphatic rings. The van der Waals surface area contributed by atoms with Crippen molar-refractivity contribution in [3.63, 3.8) is 0 Å². The lowest BCUT2D eigenvalue weighted by molar-refractivity contribution is -0.172. The Bertz CT molecular complexity index is 144. The predicted octanol–water partition coefficient (Wildman–Crippen LogP) is -0.104. The predicted molar refractivity (Wildman–Crippen MR) is 39.4 cm³/mol. The summed E-state index contributed by atoms with van der Waals surface area (Å²) >= 11 is 0. The van der Waals surface area contributed by atoms with Crippen LogP contribution in [0.25, 0.3) is 0 Å². The monoisotopic (exact) mass is 180 g/mol. The van der Waals surface area contributed by atoms with E-state index in [2.05, 4.69) is 4.74 Å². The minimum atomic E-state index is -1.54. The summed E-state index contributed by atoms with van der Waals surface area (Å²) in [6, 6.07) is 0. The van der Waals surface area contributed by atoms with E-state index in [0.29, 0.717) is 0 Å². The van der Waals surface area contributed by atoms with E-state index < -0.39 is 24.9 Å². The second-order valence-electron chi connectivity index (χ2n) is 2.29. The largest absolute Gasteiger partial charge is 0.467 e. The SMILES string of the molecule is COC(=O)C(CO)(CCF)OC. The van der Waals surface area contributed by atoms with Crippen LogP contribution in [0.1, 0.15) is 6.42 Å². The molecule has 0 heterocycles. The average molecular weight is 180 g/mol. The van der Waals surface area contributed by atoms with Crippen LogP contribution in [0.15, 0.2) is 0 Å². The second kappa shape index (κ2) is 5.05. The minimum Gasteiger partial charge on any atom is -0.467 e. The molecule has 0 radical (unpaired) electrons. The maximum Gasteiger partial charge on any atom is 0.340 e. The zero-order valence-corrected chi connectivity index (χ0v) is 7.17. The first-order valence-electron chi connectivity index (χ1n) is 3.47. The summed E-state index contributed by atoms with van der Waals surface area (Å²) in [7, 11) is 2.38. The van der Waals surface area contributed by atoms with Gasteiger partial charge >= 0.3 is 5.97 Å². The van der Waals surface area contributed by atoms with Gasteiger partial charge in [-0.25, -0.2) is 4.79 Å². The van der Waals surface area contributed by atoms with Crippen LogP contribution in [-0.4, -0.2) is 44.2 Å². The highest BCUT2D eigenvalue weighted by atomic mass is 19.1. The standard InChI is InChI=1S/C7H13FO4/c1-11-6(10)7(5-9,12-2)3-4-8/h9H,3-5H2,1-2H3. The van der Waals surface area contributed by atoms with Gasteiger partial charge in [0.15, 0.2) is 5.60 Å². The topological polar surface area (TPSA) is 55.8 Å². The molecule has 1 atom stereocenters. The Labute approximate surface area is 70.3 Å². The van der Waals surface area contributed by atoms with Gasteiger partial charge in [0, 0.05) is 13.5 Å². The van der Waals surface area contributed by atoms with Crippen molar-refractivity contribution in [2.24, 2.45) is 0 Å². The molecule has 0 aromatic rings. The number of alkyl halides is 1. The third-order valence-corrected chi connectivity index (χ3v) is 1.70. The van der Waals surface area contributed by atoms with Crippen LogP contribution < -0.4 is 0 Å². The molecular weight excluding hydrogens is 167 g/mol. The smallest absolute Gasteiger partial charge is 0.340 e. The summed E-state index contributed by atoms with van der Waals surface area (Å²) in [5.74, 6) is -0.759. The molecule has 0 saturated heterocycles. The Balaban J connectivity index is 4.44. The number of ether oxygens (including phenoxy) is 2. The van der Waals surface area contributed by atoms with Gasteiger partial charge in [-0.1, -0.05) is 0 Å². The lowest BCUT2D eigenvalue weighted by Crippen LogP contribution is -2.45. The summed E-state index contributed by atoms with van der Waals surface area (Å²) in [6.07, 6.45) is -0.202. The number of carbonyl (C=O) groups excluding carboxylic acids is 1. The second-order valence-corrected chi connectivity index (χ2v) is 2.29. The first-order chi connectivity index (χ1) is 5.66. The number of rotatable bonds is 5. The van der Waals surface area contributed by atoms with Gasteiger partial charge in [0.1, 0.15) is 0 Å². The molecule has 0 aromatic heterocycles. The molecule has 0 fully saturated rings. The van der Waals surface area contributed by atoms with Crippen molar-refractivity contribution in [1.82, 2.24) is 0 Å². The fourth-order valence-electron chi connectivity index (χ4n) is 0.834. The lowest BCUT2D eigenvalue weighted by Gasteiger charge is -2.25. The zero-order valence-electron chi connectivity index (χ0n) is 7.17. The van der Waals surface area contributed by atoms with Gasteiger partial charge in [0.25, 0.3) is 0 Å². The van der Waals surface area contributed by atoms with E-state index in [9.17, 15) is 9.18 Å². The number of hydrogen-bond acceptors (Lipinski definition) is 4. The van der Waals surface area contributed by atoms with Crippen LogP contribution >= 0.6 is 0 Å². The van der Waals surface area contributed by atoms with Crippen LogP contribution in [0.4, 0.5) is 4.39 Å². The Hall–Kier alpha value is -0.680. The Kier molecular flexibility index (Phi) is 4.77. The molecule has 72 valence electrons. The van der Waals surface area contributed by atoms with Crippen molar-refractivity contribution < 1.29 is 23.8 Å². The first-order valence-corrected chi connectivity index (χ1v) is 3.47. The number of aliphatic hydroxyl groups excluding tert-OH is 1. The maximum absolute atomic E-state index is 12.0. The van der Waals surface area contributed by atoms with E-state index in [-0.39, 0.29) is 6.42 Å². The van der Waals surface area contributed by atoms with Gasteiger partial charge in [-0.15, -0.1) is 0 Å². The molecule has 0 aliphatic carbocycles. The Morgan fingerprint density at radius 2 is 2.17 bits per heavy atom. The van der Waals surface area contributed by atoms with Gasteiger partial charge in [-0.3, -0.25) is 4.39 Å². The van der Waals surface area contributed by atoms with Crippen molar-refractivity contribution in [3.8, 4) is 0 Å². The van der Waals surface area contributed by atoms with Crippen LogP contribution in [-0.2, 0) is 14.3 Å². The van der Waals surface area contributed by atoms with E-state index in [1.54, 1.807) is 0 Å². The highest BCUT2D eigenvalue weighted by molar-refractivity contribution is 5.79. The van der Waals surface area contributed by atoms with Crippen LogP contribution in [0.2, 0.25) is 0 Å². The number of methoxy groups -OCH3 is 2. The van der Waals surface area contributed by atoms with Crippen LogP contribution in [0.3, 0.4) is 0 Å². The van der Waals surface area contributed by atoms with Crippen LogP contribution in [0.5, 0.6) is 0 Å². The van der Waals surface area contributed by atoms with Gasteiger partial charge in [0.05, 0.1) is 20.4 Å². The molecule has 0 bridgehead atoms. The average Bonchev–Trinajstić information content (AvgIpc) is 2.13. The molecule has 0 spiro atoms. The molecule has 0 amide bonds. The normalized spacial score (nSPS) is 15.3. The molecule has 0 rings (SSSR count). The number of halogens is 1. The van der Waals surface area contributed by atoms with Crippen molar-refractivity contribution in [2.75, 3.05) is 27.5 Å². The molecular formula is C7H13FO4. The molecule has 1 unspecified atom stereocenters. The molecule has 4 nitrogen and oxygen atoms in total. The van der Waals surface area contributed by atoms with Gasteiger partial charge in [-0.05, 0) is 0 Å². The molecule has 0 aromatic carbocycles. The lowest BCUT2D eigenvalue weighted by atomic mass is 10.0.